The highest BCUT2D eigenvalue weighted by Crippen LogP contribution is 2.50. The average Bonchev–Trinajstić information content (AvgIpc) is 4.06. The molecule has 2 radical (unpaired) electrons. The second-order valence-electron chi connectivity index (χ2n) is 18.1. The third-order valence-electron chi connectivity index (χ3n) is 12.7. The van der Waals surface area contributed by atoms with Crippen LogP contribution in [0.15, 0.2) is 213 Å². The average molecular weight is 899 g/mol. The molecule has 8 nitrogen and oxygen atoms in total. The number of allylic oxidation sites excluding steroid dienone is 8. The number of hydrogen-bond acceptors (Lipinski definition) is 6. The molecule has 2 N–H and O–H groups in total. The van der Waals surface area contributed by atoms with Gasteiger partial charge in [0.15, 0.2) is 14.6 Å². The second kappa shape index (κ2) is 18.4. The van der Waals surface area contributed by atoms with E-state index in [-0.39, 0.29) is 5.41 Å². The maximum absolute atomic E-state index is 8.61. The van der Waals surface area contributed by atoms with Gasteiger partial charge < -0.3 is 29.7 Å². The Labute approximate surface area is 409 Å². The Morgan fingerprint density at radius 2 is 1.22 bits per heavy atom. The third-order valence-corrected chi connectivity index (χ3v) is 12.7. The van der Waals surface area contributed by atoms with Crippen LogP contribution in [0.25, 0.3) is 49.7 Å². The van der Waals surface area contributed by atoms with Crippen molar-refractivity contribution in [1.29, 1.82) is 0 Å². The van der Waals surface area contributed by atoms with Gasteiger partial charge in [0.25, 0.3) is 0 Å². The van der Waals surface area contributed by atoms with Crippen LogP contribution in [0.1, 0.15) is 41.6 Å². The summed E-state index contributed by atoms with van der Waals surface area (Å²) >= 11 is 0. The molecule has 6 aromatic carbocycles. The lowest BCUT2D eigenvalue weighted by Gasteiger charge is -2.31. The highest BCUT2D eigenvalue weighted by atomic mass is 16.5. The molecule has 0 atom stereocenters. The monoisotopic (exact) mass is 898 g/mol. The number of anilines is 4. The Balaban J connectivity index is 1.02. The zero-order valence-electron chi connectivity index (χ0n) is 41.7. The molecule has 5 heterocycles. The number of nitrogens with zero attached hydrogens (tertiary/aromatic N) is 5. The van der Waals surface area contributed by atoms with Gasteiger partial charge in [0.1, 0.15) is 18.2 Å². The number of ether oxygens (including phenoxy) is 1. The number of hydrogen-bond donors (Lipinski definition) is 2. The van der Waals surface area contributed by atoms with Gasteiger partial charge in [-0.3, -0.25) is 4.57 Å². The molecule has 0 fully saturated rings. The smallest absolute Gasteiger partial charge is 0.215 e. The van der Waals surface area contributed by atoms with Crippen LogP contribution in [0.3, 0.4) is 0 Å². The molecule has 334 valence electrons. The predicted molar refractivity (Wildman–Crippen MR) is 291 cm³/mol. The van der Waals surface area contributed by atoms with Gasteiger partial charge in [-0.25, -0.2) is 4.98 Å². The summed E-state index contributed by atoms with van der Waals surface area (Å²) in [6.07, 6.45) is 24.2. The van der Waals surface area contributed by atoms with Gasteiger partial charge in [0, 0.05) is 64.5 Å². The molecule has 10 heteroatoms. The van der Waals surface area contributed by atoms with Crippen molar-refractivity contribution in [3.05, 3.63) is 229 Å². The first-order valence-corrected chi connectivity index (χ1v) is 23.2. The van der Waals surface area contributed by atoms with Gasteiger partial charge >= 0.3 is 0 Å². The maximum atomic E-state index is 8.61. The zero-order valence-corrected chi connectivity index (χ0v) is 38.7. The Morgan fingerprint density at radius 1 is 0.594 bits per heavy atom. The molecule has 8 aromatic rings. The topological polar surface area (TPSA) is 62.5 Å². The van der Waals surface area contributed by atoms with Crippen molar-refractivity contribution in [3.63, 3.8) is 0 Å². The van der Waals surface area contributed by atoms with Crippen LogP contribution in [-0.2, 0) is 12.4 Å². The molecule has 0 bridgehead atoms. The molecule has 0 spiro atoms. The first-order valence-electron chi connectivity index (χ1n) is 24.7. The van der Waals surface area contributed by atoms with Crippen molar-refractivity contribution in [2.45, 2.75) is 26.2 Å². The molecule has 3 aliphatic heterocycles. The fourth-order valence-electron chi connectivity index (χ4n) is 9.33. The van der Waals surface area contributed by atoms with Crippen LogP contribution in [0.2, 0.25) is 0 Å². The van der Waals surface area contributed by atoms with E-state index in [4.69, 9.17) is 13.8 Å². The standard InChI is InChI=1S/C59H51B2N7O/c1-59(2,3)41-36-47(49-21-16-34-62-32-13-11-30-60-49)57(48(37-41)50-22-17-35-63-33-14-12-31-61-50)67-40-66(54-26-9-10-27-55(54)67)42-18-15-19-43(38-42)69-44-28-29-46-45-20-5-7-24-52(45)68(56(46)39-44)58-64-51-23-6-8-25-53(51)65(58)4/h5-39,62-63H,40H2,1-4H3/b30-11-,31-12-,32-13-,33-14-,34-16-,35-17-,49-21-,50-22-/i4D3. The van der Waals surface area contributed by atoms with E-state index in [0.717, 1.165) is 66.6 Å². The zero-order chi connectivity index (χ0) is 49.4. The lowest BCUT2D eigenvalue weighted by atomic mass is 9.62. The Bertz CT molecular complexity index is 3590. The molecular formula is C59H51B2N7O. The van der Waals surface area contributed by atoms with Crippen LogP contribution >= 0.6 is 0 Å². The van der Waals surface area contributed by atoms with E-state index in [1.54, 1.807) is 6.07 Å². The van der Waals surface area contributed by atoms with Crippen molar-refractivity contribution in [1.82, 2.24) is 24.8 Å². The van der Waals surface area contributed by atoms with Crippen molar-refractivity contribution >= 4 is 81.1 Å². The lowest BCUT2D eigenvalue weighted by molar-refractivity contribution is 0.483. The first kappa shape index (κ1) is 39.8. The summed E-state index contributed by atoms with van der Waals surface area (Å²) in [5.41, 5.74) is 12.3. The number of imidazole rings is 1. The predicted octanol–water partition coefficient (Wildman–Crippen LogP) is 13.4. The summed E-state index contributed by atoms with van der Waals surface area (Å²) in [5, 5.41) is 8.43. The minimum atomic E-state index is -2.48. The summed E-state index contributed by atoms with van der Waals surface area (Å²) < 4.78 is 35.9. The molecule has 0 unspecified atom stereocenters. The largest absolute Gasteiger partial charge is 0.457 e. The van der Waals surface area contributed by atoms with Gasteiger partial charge in [-0.05, 0) is 113 Å². The van der Waals surface area contributed by atoms with E-state index < -0.39 is 6.98 Å². The van der Waals surface area contributed by atoms with Gasteiger partial charge in [-0.2, -0.15) is 0 Å². The normalized spacial score (nSPS) is 20.0. The van der Waals surface area contributed by atoms with E-state index in [2.05, 4.69) is 147 Å². The number of aromatic nitrogens is 3. The highest BCUT2D eigenvalue weighted by Gasteiger charge is 2.33. The molecule has 2 aromatic heterocycles. The van der Waals surface area contributed by atoms with Crippen LogP contribution in [-0.4, -0.2) is 35.3 Å². The van der Waals surface area contributed by atoms with E-state index in [1.165, 1.54) is 10.1 Å². The van der Waals surface area contributed by atoms with Crippen LogP contribution in [0.4, 0.5) is 22.7 Å². The number of para-hydroxylation sites is 5. The fraction of sp³-hybridized carbons (Fsp3) is 0.102. The van der Waals surface area contributed by atoms with Gasteiger partial charge in [0.05, 0.1) is 39.1 Å². The second-order valence-corrected chi connectivity index (χ2v) is 18.1. The lowest BCUT2D eigenvalue weighted by Crippen LogP contribution is -2.26. The number of aryl methyl sites for hydroxylation is 1. The third kappa shape index (κ3) is 8.39. The van der Waals surface area contributed by atoms with Crippen LogP contribution in [0, 0.1) is 0 Å². The van der Waals surface area contributed by atoms with Gasteiger partial charge in [0.2, 0.25) is 5.95 Å². The maximum Gasteiger partial charge on any atom is 0.215 e. The quantitative estimate of drug-likeness (QED) is 0.155. The summed E-state index contributed by atoms with van der Waals surface area (Å²) in [5.74, 6) is 5.75. The number of benzene rings is 6. The molecular weight excluding hydrogens is 844 g/mol. The molecule has 0 saturated carbocycles. The van der Waals surface area contributed by atoms with Crippen LogP contribution < -0.4 is 25.2 Å². The minimum Gasteiger partial charge on any atom is -0.457 e. The number of nitrogens with one attached hydrogen (secondary N) is 2. The molecule has 0 saturated heterocycles. The highest BCUT2D eigenvalue weighted by molar-refractivity contribution is 6.67. The van der Waals surface area contributed by atoms with Gasteiger partial charge in [-0.1, -0.05) is 105 Å². The molecule has 11 rings (SSSR count). The summed E-state index contributed by atoms with van der Waals surface area (Å²) in [4.78, 5) is 9.71. The van der Waals surface area contributed by atoms with Crippen LogP contribution in [0.5, 0.6) is 11.5 Å². The Kier molecular flexibility index (Phi) is 10.6. The van der Waals surface area contributed by atoms with Gasteiger partial charge in [-0.15, -0.1) is 12.0 Å². The summed E-state index contributed by atoms with van der Waals surface area (Å²) in [6, 6.07) is 42.9. The summed E-state index contributed by atoms with van der Waals surface area (Å²) in [6.45, 7) is 4.84. The van der Waals surface area contributed by atoms with E-state index in [9.17, 15) is 0 Å². The Morgan fingerprint density at radius 3 is 1.93 bits per heavy atom. The molecule has 0 aliphatic carbocycles. The van der Waals surface area contributed by atoms with E-state index >= 15 is 0 Å². The fourth-order valence-corrected chi connectivity index (χ4v) is 9.33. The van der Waals surface area contributed by atoms with Crippen molar-refractivity contribution in [3.8, 4) is 17.4 Å². The minimum absolute atomic E-state index is 0.161. The van der Waals surface area contributed by atoms with E-state index in [0.29, 0.717) is 35.1 Å². The first-order chi connectivity index (χ1) is 35.0. The number of rotatable bonds is 7. The van der Waals surface area contributed by atoms with Crippen molar-refractivity contribution in [2.24, 2.45) is 6.98 Å². The molecule has 69 heavy (non-hydrogen) atoms. The SMILES string of the molecule is [2H]C([2H])([2H])n1c(-n2c3ccccc3c3ccc(Oc4cccc(N5CN(c6c(/C7=C/C=C\N/C=C\C=C/[B]7)cc(C(C)(C)C)cc6/C6=C/C=C\N/C=C\C=C/[B]6)c6ccccc65)c4)cc32)nc2ccccc21. The number of fused-ring (bicyclic) bond motifs is 5. The molecule has 3 aliphatic rings. The summed E-state index contributed by atoms with van der Waals surface area (Å²) in [7, 11) is 4.38. The van der Waals surface area contributed by atoms with Crippen molar-refractivity contribution in [2.75, 3.05) is 16.5 Å². The van der Waals surface area contributed by atoms with Crippen molar-refractivity contribution < 1.29 is 8.85 Å². The molecule has 0 amide bonds. The van der Waals surface area contributed by atoms with E-state index in [1.807, 2.05) is 120 Å². The Hall–Kier alpha value is -8.36.